The van der Waals surface area contributed by atoms with Crippen LogP contribution in [0.1, 0.15) is 27.6 Å². The molecule has 4 nitrogen and oxygen atoms in total. The second-order valence-electron chi connectivity index (χ2n) is 6.35. The van der Waals surface area contributed by atoms with Crippen molar-refractivity contribution in [1.82, 2.24) is 0 Å². The molecule has 3 rings (SSSR count). The number of alkyl halides is 3. The van der Waals surface area contributed by atoms with Crippen molar-refractivity contribution < 1.29 is 27.5 Å². The lowest BCUT2D eigenvalue weighted by Gasteiger charge is -2.20. The Hall–Kier alpha value is -2.59. The molecule has 1 N–H and O–H groups in total. The molecule has 160 valence electrons. The van der Waals surface area contributed by atoms with Crippen LogP contribution in [0.15, 0.2) is 72.8 Å². The summed E-state index contributed by atoms with van der Waals surface area (Å²) in [5.41, 5.74) is -1.06. The normalized spacial score (nSPS) is 12.2. The van der Waals surface area contributed by atoms with Crippen molar-refractivity contribution in [1.29, 1.82) is 0 Å². The summed E-state index contributed by atoms with van der Waals surface area (Å²) in [7, 11) is 0. The Morgan fingerprint density at radius 3 is 2.26 bits per heavy atom. The average molecular weight is 560 g/mol. The Morgan fingerprint density at radius 1 is 0.968 bits per heavy atom. The summed E-state index contributed by atoms with van der Waals surface area (Å²) < 4.78 is 46.2. The Kier molecular flexibility index (Phi) is 7.22. The monoisotopic (exact) mass is 559 g/mol. The molecule has 0 spiro atoms. The van der Waals surface area contributed by atoms with Crippen LogP contribution in [0.4, 0.5) is 18.9 Å². The summed E-state index contributed by atoms with van der Waals surface area (Å²) in [6.45, 7) is 0. The van der Waals surface area contributed by atoms with Crippen molar-refractivity contribution in [3.63, 3.8) is 0 Å². The van der Waals surface area contributed by atoms with E-state index in [4.69, 9.17) is 16.3 Å². The molecule has 31 heavy (non-hydrogen) atoms. The molecule has 0 aliphatic rings. The standard InChI is InChI=1S/C22H14ClF3INO3/c23-14-10-11-18(16(12-14)22(24,25)26)28-20(29)19(13-6-2-1-3-7-13)31-21(30)15-8-4-5-9-17(15)27/h1-12,19H,(H,28,29)/t19-/m0/s1. The van der Waals surface area contributed by atoms with Gasteiger partial charge in [0.15, 0.2) is 0 Å². The summed E-state index contributed by atoms with van der Waals surface area (Å²) in [6, 6.07) is 17.6. The zero-order valence-electron chi connectivity index (χ0n) is 15.6. The first-order valence-electron chi connectivity index (χ1n) is 8.85. The molecule has 0 radical (unpaired) electrons. The Labute approximate surface area is 194 Å². The average Bonchev–Trinajstić information content (AvgIpc) is 2.73. The van der Waals surface area contributed by atoms with Crippen molar-refractivity contribution in [2.45, 2.75) is 12.3 Å². The number of hydrogen-bond acceptors (Lipinski definition) is 3. The summed E-state index contributed by atoms with van der Waals surface area (Å²) in [6.07, 6.45) is -6.21. The Bertz CT molecular complexity index is 1110. The van der Waals surface area contributed by atoms with E-state index in [0.717, 1.165) is 6.07 Å². The SMILES string of the molecule is O=C(O[C@H](C(=O)Nc1ccc(Cl)cc1C(F)(F)F)c1ccccc1)c1ccccc1I. The molecule has 0 fully saturated rings. The first-order valence-corrected chi connectivity index (χ1v) is 10.3. The summed E-state index contributed by atoms with van der Waals surface area (Å²) in [5.74, 6) is -1.71. The van der Waals surface area contributed by atoms with E-state index in [2.05, 4.69) is 5.32 Å². The maximum Gasteiger partial charge on any atom is 0.418 e. The van der Waals surface area contributed by atoms with E-state index in [1.807, 2.05) is 22.6 Å². The fourth-order valence-corrected chi connectivity index (χ4v) is 3.54. The molecule has 0 aromatic heterocycles. The predicted molar refractivity (Wildman–Crippen MR) is 119 cm³/mol. The van der Waals surface area contributed by atoms with E-state index in [1.165, 1.54) is 12.1 Å². The largest absolute Gasteiger partial charge is 0.444 e. The highest BCUT2D eigenvalue weighted by Gasteiger charge is 2.35. The molecule has 1 atom stereocenters. The van der Waals surface area contributed by atoms with E-state index in [0.29, 0.717) is 15.2 Å². The van der Waals surface area contributed by atoms with E-state index in [-0.39, 0.29) is 10.6 Å². The van der Waals surface area contributed by atoms with Crippen molar-refractivity contribution in [2.24, 2.45) is 0 Å². The van der Waals surface area contributed by atoms with Gasteiger partial charge in [0.2, 0.25) is 6.10 Å². The van der Waals surface area contributed by atoms with Gasteiger partial charge >= 0.3 is 12.1 Å². The molecule has 0 aliphatic heterocycles. The topological polar surface area (TPSA) is 55.4 Å². The van der Waals surface area contributed by atoms with Gasteiger partial charge in [0.25, 0.3) is 5.91 Å². The number of benzene rings is 3. The van der Waals surface area contributed by atoms with E-state index >= 15 is 0 Å². The highest BCUT2D eigenvalue weighted by Crippen LogP contribution is 2.37. The molecule has 0 heterocycles. The fourth-order valence-electron chi connectivity index (χ4n) is 2.76. The van der Waals surface area contributed by atoms with Crippen LogP contribution in [0, 0.1) is 3.57 Å². The van der Waals surface area contributed by atoms with Crippen molar-refractivity contribution >= 4 is 51.8 Å². The van der Waals surface area contributed by atoms with Crippen molar-refractivity contribution in [3.8, 4) is 0 Å². The lowest BCUT2D eigenvalue weighted by atomic mass is 10.1. The minimum atomic E-state index is -4.74. The summed E-state index contributed by atoms with van der Waals surface area (Å²) >= 11 is 7.64. The van der Waals surface area contributed by atoms with Gasteiger partial charge in [0.1, 0.15) is 0 Å². The number of carbonyl (C=O) groups is 2. The van der Waals surface area contributed by atoms with Gasteiger partial charge in [0, 0.05) is 14.2 Å². The zero-order valence-corrected chi connectivity index (χ0v) is 18.5. The van der Waals surface area contributed by atoms with Crippen LogP contribution >= 0.6 is 34.2 Å². The summed E-state index contributed by atoms with van der Waals surface area (Å²) in [4.78, 5) is 25.6. The number of nitrogens with one attached hydrogen (secondary N) is 1. The van der Waals surface area contributed by atoms with Gasteiger partial charge in [-0.25, -0.2) is 4.79 Å². The maximum absolute atomic E-state index is 13.4. The second-order valence-corrected chi connectivity index (χ2v) is 7.95. The Balaban J connectivity index is 1.93. The predicted octanol–water partition coefficient (Wildman–Crippen LogP) is 6.50. The van der Waals surface area contributed by atoms with Gasteiger partial charge in [-0.2, -0.15) is 13.2 Å². The number of amides is 1. The number of esters is 1. The van der Waals surface area contributed by atoms with Crippen LogP contribution in [0.25, 0.3) is 0 Å². The van der Waals surface area contributed by atoms with Crippen LogP contribution < -0.4 is 5.32 Å². The molecule has 3 aromatic carbocycles. The van der Waals surface area contributed by atoms with Gasteiger partial charge < -0.3 is 10.1 Å². The highest BCUT2D eigenvalue weighted by molar-refractivity contribution is 14.1. The van der Waals surface area contributed by atoms with E-state index in [1.54, 1.807) is 48.5 Å². The lowest BCUT2D eigenvalue weighted by molar-refractivity contribution is -0.137. The van der Waals surface area contributed by atoms with Gasteiger partial charge in [0.05, 0.1) is 16.8 Å². The molecule has 0 saturated heterocycles. The van der Waals surface area contributed by atoms with Crippen LogP contribution in [-0.2, 0) is 15.7 Å². The molecule has 9 heteroatoms. The highest BCUT2D eigenvalue weighted by atomic mass is 127. The number of ether oxygens (including phenoxy) is 1. The van der Waals surface area contributed by atoms with Crippen molar-refractivity contribution in [2.75, 3.05) is 5.32 Å². The maximum atomic E-state index is 13.4. The van der Waals surface area contributed by atoms with Gasteiger partial charge in [-0.15, -0.1) is 0 Å². The minimum absolute atomic E-state index is 0.130. The third-order valence-electron chi connectivity index (χ3n) is 4.20. The third kappa shape index (κ3) is 5.76. The summed E-state index contributed by atoms with van der Waals surface area (Å²) in [5, 5.41) is 2.09. The number of halogens is 5. The molecule has 1 amide bonds. The van der Waals surface area contributed by atoms with Gasteiger partial charge in [-0.05, 0) is 52.9 Å². The number of carbonyl (C=O) groups excluding carboxylic acids is 2. The molecular weight excluding hydrogens is 546 g/mol. The smallest absolute Gasteiger partial charge is 0.418 e. The van der Waals surface area contributed by atoms with Crippen LogP contribution in [0.3, 0.4) is 0 Å². The third-order valence-corrected chi connectivity index (χ3v) is 5.38. The van der Waals surface area contributed by atoms with Crippen LogP contribution in [-0.4, -0.2) is 11.9 Å². The molecule has 3 aromatic rings. The quantitative estimate of drug-likeness (QED) is 0.287. The first-order chi connectivity index (χ1) is 14.7. The van der Waals surface area contributed by atoms with E-state index < -0.39 is 35.4 Å². The van der Waals surface area contributed by atoms with E-state index in [9.17, 15) is 22.8 Å². The Morgan fingerprint density at radius 2 is 1.61 bits per heavy atom. The molecule has 0 saturated carbocycles. The number of rotatable bonds is 5. The molecule has 0 aliphatic carbocycles. The van der Waals surface area contributed by atoms with Crippen LogP contribution in [0.5, 0.6) is 0 Å². The lowest BCUT2D eigenvalue weighted by Crippen LogP contribution is -2.27. The van der Waals surface area contributed by atoms with Gasteiger partial charge in [-0.3, -0.25) is 4.79 Å². The zero-order chi connectivity index (χ0) is 22.6. The minimum Gasteiger partial charge on any atom is -0.444 e. The fraction of sp³-hybridized carbons (Fsp3) is 0.0909. The van der Waals surface area contributed by atoms with Gasteiger partial charge in [-0.1, -0.05) is 54.1 Å². The molecule has 0 unspecified atom stereocenters. The molecular formula is C22H14ClF3INO3. The second kappa shape index (κ2) is 9.69. The number of hydrogen-bond donors (Lipinski definition) is 1. The van der Waals surface area contributed by atoms with Crippen LogP contribution in [0.2, 0.25) is 5.02 Å². The van der Waals surface area contributed by atoms with Crippen molar-refractivity contribution in [3.05, 3.63) is 98.1 Å². The molecule has 0 bridgehead atoms. The first kappa shape index (κ1) is 23.1. The number of anilines is 1.